The molecule has 17 heavy (non-hydrogen) atoms. The lowest BCUT2D eigenvalue weighted by atomic mass is 10.2. The first-order chi connectivity index (χ1) is 7.97. The molecule has 1 aromatic rings. The quantitative estimate of drug-likeness (QED) is 0.790. The minimum Gasteiger partial charge on any atom is -0.481 e. The van der Waals surface area contributed by atoms with Gasteiger partial charge >= 0.3 is 5.97 Å². The second-order valence-corrected chi connectivity index (χ2v) is 4.59. The number of hydrogen-bond acceptors (Lipinski definition) is 1. The zero-order chi connectivity index (χ0) is 13.3. The van der Waals surface area contributed by atoms with Crippen LogP contribution in [0.3, 0.4) is 0 Å². The Hall–Kier alpha value is -0.730. The van der Waals surface area contributed by atoms with Crippen LogP contribution in [0.4, 0.5) is 0 Å². The van der Waals surface area contributed by atoms with E-state index < -0.39 is 5.97 Å². The molecule has 96 valence electrons. The van der Waals surface area contributed by atoms with Gasteiger partial charge in [-0.3, -0.25) is 4.79 Å². The summed E-state index contributed by atoms with van der Waals surface area (Å²) in [6.07, 6.45) is 3.28. The molecule has 0 bridgehead atoms. The molecule has 0 aliphatic carbocycles. The highest BCUT2D eigenvalue weighted by Gasteiger charge is 1.93. The summed E-state index contributed by atoms with van der Waals surface area (Å²) in [7, 11) is 0. The molecule has 1 N–H and O–H groups in total. The fourth-order valence-corrected chi connectivity index (χ4v) is 1.50. The third-order valence-electron chi connectivity index (χ3n) is 2.13. The Bertz CT molecular complexity index is 351. The summed E-state index contributed by atoms with van der Waals surface area (Å²) < 4.78 is 0. The maximum Gasteiger partial charge on any atom is 0.303 e. The van der Waals surface area contributed by atoms with E-state index in [1.165, 1.54) is 0 Å². The molecular weight excluding hydrogens is 259 g/mol. The summed E-state index contributed by atoms with van der Waals surface area (Å²) in [5, 5.41) is 9.55. The second kappa shape index (κ2) is 9.32. The molecule has 1 aromatic carbocycles. The SMILES string of the molecule is CCCCCC(=O)O.Cc1ccc(Cl)cc1Cl. The number of carboxylic acid groups (broad SMARTS) is 1. The Balaban J connectivity index is 0.000000304. The second-order valence-electron chi connectivity index (χ2n) is 3.74. The van der Waals surface area contributed by atoms with Gasteiger partial charge in [0, 0.05) is 16.5 Å². The van der Waals surface area contributed by atoms with Gasteiger partial charge in [-0.1, -0.05) is 49.0 Å². The van der Waals surface area contributed by atoms with Gasteiger partial charge in [-0.15, -0.1) is 0 Å². The molecule has 4 heteroatoms. The molecule has 0 radical (unpaired) electrons. The highest BCUT2D eigenvalue weighted by Crippen LogP contribution is 2.19. The first-order valence-corrected chi connectivity index (χ1v) is 6.36. The van der Waals surface area contributed by atoms with Crippen LogP contribution in [0.2, 0.25) is 10.0 Å². The molecule has 0 spiro atoms. The predicted octanol–water partition coefficient (Wildman–Crippen LogP) is 4.95. The topological polar surface area (TPSA) is 37.3 Å². The molecule has 0 saturated heterocycles. The Morgan fingerprint density at radius 3 is 2.35 bits per heavy atom. The van der Waals surface area contributed by atoms with Crippen LogP contribution >= 0.6 is 23.2 Å². The third-order valence-corrected chi connectivity index (χ3v) is 2.77. The van der Waals surface area contributed by atoms with Gasteiger partial charge in [0.15, 0.2) is 0 Å². The van der Waals surface area contributed by atoms with E-state index in [2.05, 4.69) is 6.92 Å². The normalized spacial score (nSPS) is 9.41. The summed E-state index contributed by atoms with van der Waals surface area (Å²) in [5.41, 5.74) is 1.06. The van der Waals surface area contributed by atoms with Gasteiger partial charge in [-0.25, -0.2) is 0 Å². The number of hydrogen-bond donors (Lipinski definition) is 1. The largest absolute Gasteiger partial charge is 0.481 e. The molecule has 0 fully saturated rings. The van der Waals surface area contributed by atoms with Crippen molar-refractivity contribution in [2.75, 3.05) is 0 Å². The maximum absolute atomic E-state index is 9.87. The van der Waals surface area contributed by atoms with Gasteiger partial charge in [-0.2, -0.15) is 0 Å². The van der Waals surface area contributed by atoms with Crippen LogP contribution in [0.25, 0.3) is 0 Å². The summed E-state index contributed by atoms with van der Waals surface area (Å²) in [5.74, 6) is -0.682. The first-order valence-electron chi connectivity index (χ1n) is 5.60. The van der Waals surface area contributed by atoms with E-state index >= 15 is 0 Å². The van der Waals surface area contributed by atoms with Crippen LogP contribution in [0.1, 0.15) is 38.2 Å². The predicted molar refractivity (Wildman–Crippen MR) is 73.0 cm³/mol. The van der Waals surface area contributed by atoms with Crippen molar-refractivity contribution in [2.24, 2.45) is 0 Å². The van der Waals surface area contributed by atoms with Crippen molar-refractivity contribution in [3.8, 4) is 0 Å². The number of carbonyl (C=O) groups is 1. The zero-order valence-corrected chi connectivity index (χ0v) is 11.7. The highest BCUT2D eigenvalue weighted by atomic mass is 35.5. The van der Waals surface area contributed by atoms with Crippen LogP contribution in [0, 0.1) is 6.92 Å². The number of rotatable bonds is 4. The summed E-state index contributed by atoms with van der Waals surface area (Å²) in [4.78, 5) is 9.87. The number of unbranched alkanes of at least 4 members (excludes halogenated alkanes) is 2. The molecule has 0 aliphatic heterocycles. The fraction of sp³-hybridized carbons (Fsp3) is 0.462. The molecule has 0 unspecified atom stereocenters. The van der Waals surface area contributed by atoms with E-state index in [4.69, 9.17) is 28.3 Å². The van der Waals surface area contributed by atoms with Crippen molar-refractivity contribution in [1.29, 1.82) is 0 Å². The van der Waals surface area contributed by atoms with Crippen molar-refractivity contribution >= 4 is 29.2 Å². The average molecular weight is 277 g/mol. The Morgan fingerprint density at radius 2 is 1.94 bits per heavy atom. The van der Waals surface area contributed by atoms with Gasteiger partial charge in [0.25, 0.3) is 0 Å². The lowest BCUT2D eigenvalue weighted by Crippen LogP contribution is -1.92. The third kappa shape index (κ3) is 9.02. The number of aliphatic carboxylic acids is 1. The molecule has 0 aliphatic rings. The smallest absolute Gasteiger partial charge is 0.303 e. The Labute approximate surface area is 113 Å². The van der Waals surface area contributed by atoms with Crippen LogP contribution < -0.4 is 0 Å². The Kier molecular flexibility index (Phi) is 8.92. The standard InChI is InChI=1S/C7H6Cl2.C6H12O2/c1-5-2-3-6(8)4-7(5)9;1-2-3-4-5-6(7)8/h2-4H,1H3;2-5H2,1H3,(H,7,8). The van der Waals surface area contributed by atoms with Gasteiger partial charge in [0.05, 0.1) is 0 Å². The van der Waals surface area contributed by atoms with Crippen LogP contribution in [-0.4, -0.2) is 11.1 Å². The number of benzene rings is 1. The van der Waals surface area contributed by atoms with Crippen LogP contribution in [0.5, 0.6) is 0 Å². The number of carboxylic acids is 1. The van der Waals surface area contributed by atoms with E-state index in [0.29, 0.717) is 11.4 Å². The van der Waals surface area contributed by atoms with Gasteiger partial charge in [0.1, 0.15) is 0 Å². The minimum absolute atomic E-state index is 0.327. The van der Waals surface area contributed by atoms with E-state index in [1.807, 2.05) is 19.1 Å². The van der Waals surface area contributed by atoms with Crippen LogP contribution in [-0.2, 0) is 4.79 Å². The van der Waals surface area contributed by atoms with Crippen molar-refractivity contribution in [3.05, 3.63) is 33.8 Å². The number of aryl methyl sites for hydroxylation is 1. The lowest BCUT2D eigenvalue weighted by Gasteiger charge is -1.94. The Morgan fingerprint density at radius 1 is 1.29 bits per heavy atom. The van der Waals surface area contributed by atoms with Crippen molar-refractivity contribution < 1.29 is 9.90 Å². The van der Waals surface area contributed by atoms with E-state index in [1.54, 1.807) is 6.07 Å². The maximum atomic E-state index is 9.87. The monoisotopic (exact) mass is 276 g/mol. The van der Waals surface area contributed by atoms with Crippen LogP contribution in [0.15, 0.2) is 18.2 Å². The van der Waals surface area contributed by atoms with Crippen molar-refractivity contribution in [1.82, 2.24) is 0 Å². The van der Waals surface area contributed by atoms with Gasteiger partial charge in [-0.05, 0) is 31.0 Å². The molecular formula is C13H18Cl2O2. The van der Waals surface area contributed by atoms with E-state index in [0.717, 1.165) is 29.8 Å². The lowest BCUT2D eigenvalue weighted by molar-refractivity contribution is -0.137. The molecule has 2 nitrogen and oxygen atoms in total. The first kappa shape index (κ1) is 16.3. The van der Waals surface area contributed by atoms with E-state index in [-0.39, 0.29) is 0 Å². The summed E-state index contributed by atoms with van der Waals surface area (Å²) in [6, 6.07) is 5.45. The van der Waals surface area contributed by atoms with E-state index in [9.17, 15) is 4.79 Å². The molecule has 0 amide bonds. The van der Waals surface area contributed by atoms with Crippen molar-refractivity contribution in [2.45, 2.75) is 39.5 Å². The highest BCUT2D eigenvalue weighted by molar-refractivity contribution is 6.35. The minimum atomic E-state index is -0.682. The summed E-state index contributed by atoms with van der Waals surface area (Å²) in [6.45, 7) is 4.00. The summed E-state index contributed by atoms with van der Waals surface area (Å²) >= 11 is 11.4. The molecule has 0 heterocycles. The molecule has 0 aromatic heterocycles. The van der Waals surface area contributed by atoms with Crippen molar-refractivity contribution in [3.63, 3.8) is 0 Å². The average Bonchev–Trinajstić information content (AvgIpc) is 2.25. The molecule has 1 rings (SSSR count). The van der Waals surface area contributed by atoms with Gasteiger partial charge < -0.3 is 5.11 Å². The molecule has 0 atom stereocenters. The molecule has 0 saturated carbocycles. The zero-order valence-electron chi connectivity index (χ0n) is 10.2. The van der Waals surface area contributed by atoms with Gasteiger partial charge in [0.2, 0.25) is 0 Å². The fourth-order valence-electron chi connectivity index (χ4n) is 1.09. The number of halogens is 2.